The number of nitrogens with one attached hydrogen (secondary N) is 3. The predicted molar refractivity (Wildman–Crippen MR) is 125 cm³/mol. The molecule has 1 atom stereocenters. The second-order valence-corrected chi connectivity index (χ2v) is 8.54. The van der Waals surface area contributed by atoms with E-state index in [1.165, 1.54) is 12.3 Å². The summed E-state index contributed by atoms with van der Waals surface area (Å²) in [4.78, 5) is 51.8. The molecule has 1 amide bonds. The number of aliphatic carboxylic acids is 1. The summed E-state index contributed by atoms with van der Waals surface area (Å²) >= 11 is 11.8. The van der Waals surface area contributed by atoms with Crippen LogP contribution in [0.2, 0.25) is 10.0 Å². The Bertz CT molecular complexity index is 1300. The summed E-state index contributed by atoms with van der Waals surface area (Å²) in [7, 11) is 0. The van der Waals surface area contributed by atoms with Crippen molar-refractivity contribution in [1.82, 2.24) is 4.98 Å². The van der Waals surface area contributed by atoms with Crippen LogP contribution in [0.3, 0.4) is 0 Å². The van der Waals surface area contributed by atoms with E-state index in [-0.39, 0.29) is 34.6 Å². The summed E-state index contributed by atoms with van der Waals surface area (Å²) in [6, 6.07) is 6.95. The minimum absolute atomic E-state index is 0.00975. The zero-order valence-electron chi connectivity index (χ0n) is 17.0. The van der Waals surface area contributed by atoms with Crippen molar-refractivity contribution in [1.29, 1.82) is 0 Å². The Morgan fingerprint density at radius 2 is 1.76 bits per heavy atom. The molecule has 4 rings (SSSR count). The van der Waals surface area contributed by atoms with Crippen molar-refractivity contribution in [3.8, 4) is 0 Å². The lowest BCUT2D eigenvalue weighted by Gasteiger charge is -2.20. The van der Waals surface area contributed by atoms with Crippen LogP contribution in [0.25, 0.3) is 0 Å². The fourth-order valence-electron chi connectivity index (χ4n) is 3.20. The molecule has 0 spiro atoms. The van der Waals surface area contributed by atoms with E-state index in [1.807, 2.05) is 0 Å². The van der Waals surface area contributed by atoms with Gasteiger partial charge in [0.05, 0.1) is 10.0 Å². The van der Waals surface area contributed by atoms with Crippen molar-refractivity contribution in [3.05, 3.63) is 78.3 Å². The number of amides is 1. The number of hydrogen-bond acceptors (Lipinski definition) is 7. The first-order valence-electron chi connectivity index (χ1n) is 10.0. The van der Waals surface area contributed by atoms with Crippen LogP contribution in [-0.4, -0.2) is 34.1 Å². The van der Waals surface area contributed by atoms with Crippen molar-refractivity contribution in [2.45, 2.75) is 31.3 Å². The first-order valence-corrected chi connectivity index (χ1v) is 10.8. The van der Waals surface area contributed by atoms with Gasteiger partial charge in [0.15, 0.2) is 0 Å². The van der Waals surface area contributed by atoms with Gasteiger partial charge in [-0.1, -0.05) is 35.3 Å². The maximum atomic E-state index is 12.4. The molecular formula is C22H18Cl2N4O5. The van der Waals surface area contributed by atoms with Gasteiger partial charge in [-0.2, -0.15) is 0 Å². The number of rotatable bonds is 9. The number of carbonyl (C=O) groups is 2. The van der Waals surface area contributed by atoms with Gasteiger partial charge in [-0.05, 0) is 36.6 Å². The third-order valence-corrected chi connectivity index (χ3v) is 5.62. The average molecular weight is 489 g/mol. The van der Waals surface area contributed by atoms with Crippen molar-refractivity contribution >= 4 is 52.1 Å². The number of carboxylic acid groups (broad SMARTS) is 1. The smallest absolute Gasteiger partial charge is 0.326 e. The van der Waals surface area contributed by atoms with Gasteiger partial charge in [0.1, 0.15) is 23.1 Å². The van der Waals surface area contributed by atoms with Crippen LogP contribution in [-0.2, 0) is 11.2 Å². The highest BCUT2D eigenvalue weighted by atomic mass is 35.5. The molecule has 1 fully saturated rings. The molecule has 0 aliphatic heterocycles. The van der Waals surface area contributed by atoms with Gasteiger partial charge in [-0.3, -0.25) is 14.4 Å². The molecule has 0 unspecified atom stereocenters. The predicted octanol–water partition coefficient (Wildman–Crippen LogP) is 2.92. The molecule has 1 saturated carbocycles. The summed E-state index contributed by atoms with van der Waals surface area (Å²) in [5.74, 6) is -1.69. The van der Waals surface area contributed by atoms with Crippen LogP contribution >= 0.6 is 23.2 Å². The van der Waals surface area contributed by atoms with E-state index in [0.717, 1.165) is 12.8 Å². The van der Waals surface area contributed by atoms with Crippen LogP contribution in [0, 0.1) is 0 Å². The highest BCUT2D eigenvalue weighted by molar-refractivity contribution is 6.36. The maximum absolute atomic E-state index is 12.4. The molecule has 1 aliphatic carbocycles. The third-order valence-electron chi connectivity index (χ3n) is 5.13. The molecule has 11 heteroatoms. The SMILES string of the molecule is O=C(Nc1ccc(C[C@H](Nc2c(NC3CC3)c(=O)c2=O)C(=O)O)cc1)c1ncc(Cl)cc1Cl. The van der Waals surface area contributed by atoms with Crippen LogP contribution in [0.5, 0.6) is 0 Å². The highest BCUT2D eigenvalue weighted by Gasteiger charge is 2.30. The van der Waals surface area contributed by atoms with Crippen LogP contribution in [0.1, 0.15) is 28.9 Å². The summed E-state index contributed by atoms with van der Waals surface area (Å²) in [6.07, 6.45) is 3.18. The molecule has 4 N–H and O–H groups in total. The minimum Gasteiger partial charge on any atom is -0.480 e. The van der Waals surface area contributed by atoms with E-state index in [4.69, 9.17) is 23.2 Å². The molecule has 1 aromatic heterocycles. The second-order valence-electron chi connectivity index (χ2n) is 7.70. The van der Waals surface area contributed by atoms with Crippen LogP contribution in [0.4, 0.5) is 17.1 Å². The molecule has 1 heterocycles. The maximum Gasteiger partial charge on any atom is 0.326 e. The largest absolute Gasteiger partial charge is 0.480 e. The monoisotopic (exact) mass is 488 g/mol. The molecule has 0 saturated heterocycles. The molecule has 2 aromatic carbocycles. The lowest BCUT2D eigenvalue weighted by atomic mass is 10.0. The standard InChI is InChI=1S/C22H18Cl2N4O5/c23-11-8-14(24)16(25-9-11)21(31)27-13-3-1-10(2-4-13)7-15(22(32)33)28-18-17(19(29)20(18)30)26-12-5-6-12/h1-4,8-9,12,15,26,28H,5-7H2,(H,27,31)(H,32,33)/t15-/m0/s1. The molecule has 170 valence electrons. The fraction of sp³-hybridized carbons (Fsp3) is 0.227. The zero-order chi connectivity index (χ0) is 23.7. The quantitative estimate of drug-likeness (QED) is 0.337. The molecule has 9 nitrogen and oxygen atoms in total. The van der Waals surface area contributed by atoms with Crippen LogP contribution in [0.15, 0.2) is 46.1 Å². The van der Waals surface area contributed by atoms with Crippen molar-refractivity contribution in [2.24, 2.45) is 0 Å². The van der Waals surface area contributed by atoms with Gasteiger partial charge in [0, 0.05) is 24.3 Å². The number of hydrogen-bond donors (Lipinski definition) is 4. The summed E-state index contributed by atoms with van der Waals surface area (Å²) in [5, 5.41) is 18.3. The normalized spacial score (nSPS) is 14.0. The minimum atomic E-state index is -1.17. The Hall–Kier alpha value is -3.43. The first kappa shape index (κ1) is 22.8. The Kier molecular flexibility index (Phi) is 6.35. The van der Waals surface area contributed by atoms with E-state index < -0.39 is 28.8 Å². The van der Waals surface area contributed by atoms with Crippen molar-refractivity contribution in [3.63, 3.8) is 0 Å². The Labute approximate surface area is 197 Å². The van der Waals surface area contributed by atoms with Gasteiger partial charge in [-0.15, -0.1) is 0 Å². The van der Waals surface area contributed by atoms with Gasteiger partial charge >= 0.3 is 5.97 Å². The van der Waals surface area contributed by atoms with Crippen molar-refractivity contribution in [2.75, 3.05) is 16.0 Å². The van der Waals surface area contributed by atoms with Gasteiger partial charge < -0.3 is 21.1 Å². The topological polar surface area (TPSA) is 137 Å². The number of carbonyl (C=O) groups excluding carboxylic acids is 1. The first-order chi connectivity index (χ1) is 15.7. The van der Waals surface area contributed by atoms with Crippen molar-refractivity contribution < 1.29 is 14.7 Å². The number of nitrogens with zero attached hydrogens (tertiary/aromatic N) is 1. The number of benzene rings is 1. The molecule has 0 radical (unpaired) electrons. The lowest BCUT2D eigenvalue weighted by Crippen LogP contribution is -2.42. The zero-order valence-corrected chi connectivity index (χ0v) is 18.5. The highest BCUT2D eigenvalue weighted by Crippen LogP contribution is 2.27. The Morgan fingerprint density at radius 3 is 2.36 bits per heavy atom. The van der Waals surface area contributed by atoms with E-state index in [1.54, 1.807) is 24.3 Å². The van der Waals surface area contributed by atoms with E-state index in [9.17, 15) is 24.3 Å². The molecule has 0 bridgehead atoms. The van der Waals surface area contributed by atoms with Gasteiger partial charge in [0.2, 0.25) is 0 Å². The number of anilines is 3. The van der Waals surface area contributed by atoms with E-state index in [2.05, 4.69) is 20.9 Å². The molecule has 3 aromatic rings. The average Bonchev–Trinajstić information content (AvgIpc) is 3.60. The second kappa shape index (κ2) is 9.21. The third kappa shape index (κ3) is 5.15. The summed E-state index contributed by atoms with van der Waals surface area (Å²) in [5.41, 5.74) is -0.0812. The number of carboxylic acids is 1. The van der Waals surface area contributed by atoms with Gasteiger partial charge in [0.25, 0.3) is 16.8 Å². The summed E-state index contributed by atoms with van der Waals surface area (Å²) < 4.78 is 0. The van der Waals surface area contributed by atoms with E-state index >= 15 is 0 Å². The Morgan fingerprint density at radius 1 is 1.09 bits per heavy atom. The fourth-order valence-corrected chi connectivity index (χ4v) is 3.67. The number of pyridine rings is 1. The number of aromatic nitrogens is 1. The molecule has 1 aliphatic rings. The molecular weight excluding hydrogens is 471 g/mol. The van der Waals surface area contributed by atoms with Crippen LogP contribution < -0.4 is 26.8 Å². The molecule has 33 heavy (non-hydrogen) atoms. The summed E-state index contributed by atoms with van der Waals surface area (Å²) in [6.45, 7) is 0. The number of halogens is 2. The van der Waals surface area contributed by atoms with Gasteiger partial charge in [-0.25, -0.2) is 9.78 Å². The Balaban J connectivity index is 1.42. The van der Waals surface area contributed by atoms with E-state index in [0.29, 0.717) is 16.3 Å². The lowest BCUT2D eigenvalue weighted by molar-refractivity contribution is -0.137.